The number of aromatic nitrogens is 2. The molecule has 1 N–H and O–H groups in total. The zero-order valence-corrected chi connectivity index (χ0v) is 13.3. The molecule has 0 bridgehead atoms. The lowest BCUT2D eigenvalue weighted by Crippen LogP contribution is -2.14. The highest BCUT2D eigenvalue weighted by molar-refractivity contribution is 6.31. The smallest absolute Gasteiger partial charge is 0.0997 e. The molecule has 0 fully saturated rings. The Morgan fingerprint density at radius 1 is 1.29 bits per heavy atom. The van der Waals surface area contributed by atoms with Gasteiger partial charge in [0.15, 0.2) is 0 Å². The molecule has 21 heavy (non-hydrogen) atoms. The fourth-order valence-electron chi connectivity index (χ4n) is 2.92. The van der Waals surface area contributed by atoms with Gasteiger partial charge in [0.25, 0.3) is 0 Å². The van der Waals surface area contributed by atoms with E-state index in [1.807, 2.05) is 6.33 Å². The molecule has 1 aromatic carbocycles. The van der Waals surface area contributed by atoms with Crippen LogP contribution in [0.1, 0.15) is 43.1 Å². The quantitative estimate of drug-likeness (QED) is 0.849. The number of hydrogen-bond acceptors (Lipinski definition) is 2. The number of nitrogens with zero attached hydrogens (tertiary/aromatic N) is 2. The van der Waals surface area contributed by atoms with E-state index < -0.39 is 0 Å². The minimum Gasteiger partial charge on any atom is -0.313 e. The molecule has 1 aliphatic rings. The van der Waals surface area contributed by atoms with Gasteiger partial charge in [-0.1, -0.05) is 24.6 Å². The molecule has 3 rings (SSSR count). The van der Waals surface area contributed by atoms with E-state index in [0.29, 0.717) is 0 Å². The monoisotopic (exact) mass is 303 g/mol. The summed E-state index contributed by atoms with van der Waals surface area (Å²) in [4.78, 5) is 4.55. The predicted octanol–water partition coefficient (Wildman–Crippen LogP) is 3.90. The Hall–Kier alpha value is -1.32. The zero-order chi connectivity index (χ0) is 14.7. The standard InChI is InChI=1S/C17H22ClN3/c1-2-9-19-11-13-7-8-14(10-15(13)18)21-12-20-16-5-3-4-6-17(16)21/h7-8,10,12,19H,2-6,9,11H2,1H3. The van der Waals surface area contributed by atoms with Crippen LogP contribution in [0.3, 0.4) is 0 Å². The number of nitrogens with one attached hydrogen (secondary N) is 1. The lowest BCUT2D eigenvalue weighted by molar-refractivity contribution is 0.655. The number of aryl methyl sites for hydroxylation is 1. The van der Waals surface area contributed by atoms with Gasteiger partial charge in [-0.15, -0.1) is 0 Å². The average molecular weight is 304 g/mol. The van der Waals surface area contributed by atoms with Crippen molar-refractivity contribution >= 4 is 11.6 Å². The molecular formula is C17H22ClN3. The van der Waals surface area contributed by atoms with Crippen LogP contribution in [0, 0.1) is 0 Å². The molecule has 112 valence electrons. The van der Waals surface area contributed by atoms with Gasteiger partial charge < -0.3 is 9.88 Å². The highest BCUT2D eigenvalue weighted by atomic mass is 35.5. The van der Waals surface area contributed by atoms with E-state index in [0.717, 1.165) is 48.6 Å². The van der Waals surface area contributed by atoms with Gasteiger partial charge in [-0.3, -0.25) is 0 Å². The third kappa shape index (κ3) is 3.14. The summed E-state index contributed by atoms with van der Waals surface area (Å²) in [6.07, 6.45) is 7.81. The molecule has 4 heteroatoms. The van der Waals surface area contributed by atoms with E-state index in [-0.39, 0.29) is 0 Å². The Kier molecular flexibility index (Phi) is 4.61. The van der Waals surface area contributed by atoms with Gasteiger partial charge in [0.05, 0.1) is 12.0 Å². The predicted molar refractivity (Wildman–Crippen MR) is 87.2 cm³/mol. The van der Waals surface area contributed by atoms with Crippen molar-refractivity contribution in [2.24, 2.45) is 0 Å². The van der Waals surface area contributed by atoms with E-state index >= 15 is 0 Å². The van der Waals surface area contributed by atoms with Crippen molar-refractivity contribution in [3.05, 3.63) is 46.5 Å². The SMILES string of the molecule is CCCNCc1ccc(-n2cnc3c2CCCC3)cc1Cl. The molecule has 0 saturated carbocycles. The van der Waals surface area contributed by atoms with Gasteiger partial charge in [-0.2, -0.15) is 0 Å². The highest BCUT2D eigenvalue weighted by Crippen LogP contribution is 2.26. The van der Waals surface area contributed by atoms with E-state index in [1.54, 1.807) is 0 Å². The summed E-state index contributed by atoms with van der Waals surface area (Å²) in [6, 6.07) is 6.32. The summed E-state index contributed by atoms with van der Waals surface area (Å²) >= 11 is 6.43. The molecule has 0 aliphatic heterocycles. The molecule has 0 radical (unpaired) electrons. The Bertz CT molecular complexity index is 618. The fourth-order valence-corrected chi connectivity index (χ4v) is 3.16. The maximum atomic E-state index is 6.43. The Morgan fingerprint density at radius 2 is 2.14 bits per heavy atom. The zero-order valence-electron chi connectivity index (χ0n) is 12.5. The minimum atomic E-state index is 0.828. The lowest BCUT2D eigenvalue weighted by atomic mass is 10.0. The molecule has 0 unspecified atom stereocenters. The Morgan fingerprint density at radius 3 is 2.95 bits per heavy atom. The van der Waals surface area contributed by atoms with Crippen LogP contribution in [0.5, 0.6) is 0 Å². The van der Waals surface area contributed by atoms with Crippen LogP contribution in [-0.2, 0) is 19.4 Å². The maximum Gasteiger partial charge on any atom is 0.0997 e. The van der Waals surface area contributed by atoms with Crippen LogP contribution < -0.4 is 5.32 Å². The van der Waals surface area contributed by atoms with Gasteiger partial charge in [0.2, 0.25) is 0 Å². The van der Waals surface area contributed by atoms with Gasteiger partial charge >= 0.3 is 0 Å². The molecule has 3 nitrogen and oxygen atoms in total. The first kappa shape index (κ1) is 14.6. The van der Waals surface area contributed by atoms with Crippen LogP contribution >= 0.6 is 11.6 Å². The first-order valence-corrected chi connectivity index (χ1v) is 8.22. The third-order valence-corrected chi connectivity index (χ3v) is 4.44. The molecule has 2 aromatic rings. The number of halogens is 1. The van der Waals surface area contributed by atoms with E-state index in [9.17, 15) is 0 Å². The van der Waals surface area contributed by atoms with Crippen LogP contribution in [-0.4, -0.2) is 16.1 Å². The van der Waals surface area contributed by atoms with Crippen LogP contribution in [0.2, 0.25) is 5.02 Å². The normalized spacial score (nSPS) is 14.2. The number of fused-ring (bicyclic) bond motifs is 1. The molecule has 1 heterocycles. The second-order valence-electron chi connectivity index (χ2n) is 5.67. The summed E-state index contributed by atoms with van der Waals surface area (Å²) in [5.74, 6) is 0. The molecule has 1 aliphatic carbocycles. The van der Waals surface area contributed by atoms with Crippen LogP contribution in [0.4, 0.5) is 0 Å². The summed E-state index contributed by atoms with van der Waals surface area (Å²) in [7, 11) is 0. The van der Waals surface area contributed by atoms with Crippen molar-refractivity contribution in [3.8, 4) is 5.69 Å². The summed E-state index contributed by atoms with van der Waals surface area (Å²) < 4.78 is 2.20. The van der Waals surface area contributed by atoms with E-state index in [1.165, 1.54) is 24.2 Å². The molecule has 0 amide bonds. The molecule has 0 spiro atoms. The average Bonchev–Trinajstić information content (AvgIpc) is 2.93. The number of imidazole rings is 1. The molecule has 1 aromatic heterocycles. The Labute approximate surface area is 131 Å². The van der Waals surface area contributed by atoms with Gasteiger partial charge in [-0.05, 0) is 56.3 Å². The lowest BCUT2D eigenvalue weighted by Gasteiger charge is -2.15. The van der Waals surface area contributed by atoms with Crippen molar-refractivity contribution in [1.82, 2.24) is 14.9 Å². The Balaban J connectivity index is 1.83. The second kappa shape index (κ2) is 6.63. The number of hydrogen-bond donors (Lipinski definition) is 1. The number of rotatable bonds is 5. The van der Waals surface area contributed by atoms with Gasteiger partial charge in [0.1, 0.15) is 0 Å². The molecule has 0 saturated heterocycles. The molecular weight excluding hydrogens is 282 g/mol. The summed E-state index contributed by atoms with van der Waals surface area (Å²) in [5, 5.41) is 4.22. The van der Waals surface area contributed by atoms with Crippen molar-refractivity contribution in [2.45, 2.75) is 45.6 Å². The third-order valence-electron chi connectivity index (χ3n) is 4.09. The largest absolute Gasteiger partial charge is 0.313 e. The van der Waals surface area contributed by atoms with Gasteiger partial charge in [-0.25, -0.2) is 4.98 Å². The van der Waals surface area contributed by atoms with E-state index in [2.05, 4.69) is 40.0 Å². The number of benzene rings is 1. The van der Waals surface area contributed by atoms with Crippen LogP contribution in [0.25, 0.3) is 5.69 Å². The molecule has 0 atom stereocenters. The van der Waals surface area contributed by atoms with Crippen molar-refractivity contribution < 1.29 is 0 Å². The fraction of sp³-hybridized carbons (Fsp3) is 0.471. The van der Waals surface area contributed by atoms with Crippen molar-refractivity contribution in [3.63, 3.8) is 0 Å². The van der Waals surface area contributed by atoms with Crippen molar-refractivity contribution in [1.29, 1.82) is 0 Å². The first-order chi connectivity index (χ1) is 10.3. The minimum absolute atomic E-state index is 0.828. The second-order valence-corrected chi connectivity index (χ2v) is 6.07. The van der Waals surface area contributed by atoms with Gasteiger partial charge in [0, 0.05) is 22.9 Å². The summed E-state index contributed by atoms with van der Waals surface area (Å²) in [6.45, 7) is 4.02. The summed E-state index contributed by atoms with van der Waals surface area (Å²) in [5.41, 5.74) is 4.89. The maximum absolute atomic E-state index is 6.43. The highest BCUT2D eigenvalue weighted by Gasteiger charge is 2.16. The first-order valence-electron chi connectivity index (χ1n) is 7.84. The van der Waals surface area contributed by atoms with Crippen LogP contribution in [0.15, 0.2) is 24.5 Å². The topological polar surface area (TPSA) is 29.9 Å². The van der Waals surface area contributed by atoms with Crippen molar-refractivity contribution in [2.75, 3.05) is 6.54 Å². The van der Waals surface area contributed by atoms with E-state index in [4.69, 9.17) is 11.6 Å².